The number of allylic oxidation sites excluding steroid dienone is 1. The fraction of sp³-hybridized carbons (Fsp3) is 0.647. The second-order valence-corrected chi connectivity index (χ2v) is 6.47. The van der Waals surface area contributed by atoms with Crippen LogP contribution in [0.5, 0.6) is 0 Å². The first-order valence-electron chi connectivity index (χ1n) is 8.18. The summed E-state index contributed by atoms with van der Waals surface area (Å²) in [7, 11) is 2.11. The van der Waals surface area contributed by atoms with E-state index < -0.39 is 0 Å². The molecule has 0 fully saturated rings. The number of thiazole rings is 1. The number of nitrogens with zero attached hydrogens (tertiary/aromatic N) is 3. The molecular formula is C17H30N4S. The van der Waals surface area contributed by atoms with E-state index in [1.54, 1.807) is 11.3 Å². The molecule has 0 unspecified atom stereocenters. The van der Waals surface area contributed by atoms with Gasteiger partial charge in [-0.05, 0) is 33.1 Å². The second kappa shape index (κ2) is 11.2. The van der Waals surface area contributed by atoms with E-state index in [0.717, 1.165) is 49.1 Å². The minimum absolute atomic E-state index is 0.784. The fourth-order valence-corrected chi connectivity index (χ4v) is 2.84. The van der Waals surface area contributed by atoms with Crippen LogP contribution in [-0.4, -0.2) is 42.5 Å². The highest BCUT2D eigenvalue weighted by Gasteiger charge is 2.05. The Hall–Kier alpha value is -1.36. The molecule has 0 aromatic carbocycles. The molecule has 0 amide bonds. The molecule has 0 aliphatic rings. The molecule has 0 bridgehead atoms. The fourth-order valence-electron chi connectivity index (χ4n) is 2.19. The number of aryl methyl sites for hydroxylation is 1. The number of rotatable bonds is 10. The third-order valence-electron chi connectivity index (χ3n) is 3.39. The van der Waals surface area contributed by atoms with Crippen molar-refractivity contribution in [2.75, 3.05) is 26.7 Å². The minimum atomic E-state index is 0.784. The standard InChI is InChI=1S/C17H30N4S/c1-5-7-8-9-10-13-21(4)17(18-6-2)19-12-11-16-14-22-15(3)20-16/h5,14H,1,6-13H2,2-4H3,(H,18,19). The smallest absolute Gasteiger partial charge is 0.193 e. The summed E-state index contributed by atoms with van der Waals surface area (Å²) < 4.78 is 0. The molecule has 1 heterocycles. The maximum absolute atomic E-state index is 4.71. The molecule has 0 spiro atoms. The van der Waals surface area contributed by atoms with Crippen molar-refractivity contribution in [1.82, 2.24) is 15.2 Å². The van der Waals surface area contributed by atoms with E-state index in [9.17, 15) is 0 Å². The average Bonchev–Trinajstić information content (AvgIpc) is 2.91. The zero-order valence-corrected chi connectivity index (χ0v) is 15.1. The van der Waals surface area contributed by atoms with Crippen LogP contribution in [0.4, 0.5) is 0 Å². The summed E-state index contributed by atoms with van der Waals surface area (Å²) in [5.41, 5.74) is 1.15. The largest absolute Gasteiger partial charge is 0.357 e. The molecule has 0 aliphatic carbocycles. The lowest BCUT2D eigenvalue weighted by atomic mass is 10.2. The zero-order chi connectivity index (χ0) is 16.2. The van der Waals surface area contributed by atoms with E-state index in [4.69, 9.17) is 4.99 Å². The highest BCUT2D eigenvalue weighted by Crippen LogP contribution is 2.08. The van der Waals surface area contributed by atoms with Gasteiger partial charge >= 0.3 is 0 Å². The van der Waals surface area contributed by atoms with Crippen LogP contribution < -0.4 is 5.32 Å². The molecule has 1 rings (SSSR count). The first kappa shape index (κ1) is 18.7. The molecule has 5 heteroatoms. The van der Waals surface area contributed by atoms with Crippen molar-refractivity contribution in [3.63, 3.8) is 0 Å². The van der Waals surface area contributed by atoms with E-state index in [0.29, 0.717) is 0 Å². The second-order valence-electron chi connectivity index (χ2n) is 5.40. The summed E-state index contributed by atoms with van der Waals surface area (Å²) in [4.78, 5) is 11.4. The van der Waals surface area contributed by atoms with Gasteiger partial charge in [0.2, 0.25) is 0 Å². The number of nitrogens with one attached hydrogen (secondary N) is 1. The van der Waals surface area contributed by atoms with Crippen LogP contribution in [0, 0.1) is 6.92 Å². The molecule has 4 nitrogen and oxygen atoms in total. The van der Waals surface area contributed by atoms with E-state index >= 15 is 0 Å². The van der Waals surface area contributed by atoms with E-state index in [1.807, 2.05) is 13.0 Å². The summed E-state index contributed by atoms with van der Waals surface area (Å²) >= 11 is 1.70. The molecule has 0 radical (unpaired) electrons. The number of hydrogen-bond donors (Lipinski definition) is 1. The van der Waals surface area contributed by atoms with Crippen LogP contribution in [0.3, 0.4) is 0 Å². The predicted molar refractivity (Wildman–Crippen MR) is 97.8 cm³/mol. The number of hydrogen-bond acceptors (Lipinski definition) is 3. The molecule has 1 aromatic heterocycles. The molecule has 0 atom stereocenters. The normalized spacial score (nSPS) is 11.5. The van der Waals surface area contributed by atoms with Crippen LogP contribution in [0.25, 0.3) is 0 Å². The Morgan fingerprint density at radius 3 is 2.91 bits per heavy atom. The van der Waals surface area contributed by atoms with Gasteiger partial charge in [0.1, 0.15) is 0 Å². The first-order valence-corrected chi connectivity index (χ1v) is 9.06. The van der Waals surface area contributed by atoms with Gasteiger partial charge in [-0.25, -0.2) is 4.98 Å². The van der Waals surface area contributed by atoms with Gasteiger partial charge in [-0.2, -0.15) is 0 Å². The van der Waals surface area contributed by atoms with E-state index in [2.05, 4.69) is 41.1 Å². The summed E-state index contributed by atoms with van der Waals surface area (Å²) in [6, 6.07) is 0. The Labute approximate surface area is 139 Å². The molecule has 1 N–H and O–H groups in total. The zero-order valence-electron chi connectivity index (χ0n) is 14.3. The van der Waals surface area contributed by atoms with Crippen LogP contribution in [0.1, 0.15) is 43.3 Å². The molecule has 0 aliphatic heterocycles. The van der Waals surface area contributed by atoms with Crippen LogP contribution in [0.15, 0.2) is 23.0 Å². The lowest BCUT2D eigenvalue weighted by Gasteiger charge is -2.22. The average molecular weight is 323 g/mol. The van der Waals surface area contributed by atoms with Crippen molar-refractivity contribution in [3.05, 3.63) is 28.7 Å². The number of aromatic nitrogens is 1. The predicted octanol–water partition coefficient (Wildman–Crippen LogP) is 3.64. The Bertz CT molecular complexity index is 453. The summed E-state index contributed by atoms with van der Waals surface area (Å²) in [6.45, 7) is 10.6. The Morgan fingerprint density at radius 1 is 1.45 bits per heavy atom. The minimum Gasteiger partial charge on any atom is -0.357 e. The molecular weight excluding hydrogens is 292 g/mol. The summed E-state index contributed by atoms with van der Waals surface area (Å²) in [5, 5.41) is 6.62. The summed E-state index contributed by atoms with van der Waals surface area (Å²) in [6.07, 6.45) is 7.69. The van der Waals surface area contributed by atoms with Gasteiger partial charge in [-0.1, -0.05) is 12.5 Å². The number of unbranched alkanes of at least 4 members (excludes halogenated alkanes) is 3. The molecule has 1 aromatic rings. The molecule has 124 valence electrons. The monoisotopic (exact) mass is 322 g/mol. The Morgan fingerprint density at radius 2 is 2.27 bits per heavy atom. The van der Waals surface area contributed by atoms with Gasteiger partial charge in [0.05, 0.1) is 10.7 Å². The van der Waals surface area contributed by atoms with Crippen LogP contribution in [0.2, 0.25) is 0 Å². The van der Waals surface area contributed by atoms with Gasteiger partial charge in [0, 0.05) is 38.5 Å². The lowest BCUT2D eigenvalue weighted by Crippen LogP contribution is -2.39. The van der Waals surface area contributed by atoms with Crippen molar-refractivity contribution in [3.8, 4) is 0 Å². The van der Waals surface area contributed by atoms with Gasteiger partial charge in [-0.15, -0.1) is 17.9 Å². The molecule has 0 saturated heterocycles. The highest BCUT2D eigenvalue weighted by molar-refractivity contribution is 7.09. The van der Waals surface area contributed by atoms with Crippen LogP contribution >= 0.6 is 11.3 Å². The third kappa shape index (κ3) is 7.59. The van der Waals surface area contributed by atoms with Crippen LogP contribution in [-0.2, 0) is 6.42 Å². The topological polar surface area (TPSA) is 40.5 Å². The molecule has 22 heavy (non-hydrogen) atoms. The Kier molecular flexibility index (Phi) is 9.55. The van der Waals surface area contributed by atoms with E-state index in [-0.39, 0.29) is 0 Å². The summed E-state index contributed by atoms with van der Waals surface area (Å²) in [5.74, 6) is 0.998. The van der Waals surface area contributed by atoms with Crippen molar-refractivity contribution in [2.24, 2.45) is 4.99 Å². The van der Waals surface area contributed by atoms with Crippen molar-refractivity contribution in [2.45, 2.75) is 46.0 Å². The number of aliphatic imine (C=N–C) groups is 1. The van der Waals surface area contributed by atoms with Crippen molar-refractivity contribution in [1.29, 1.82) is 0 Å². The Balaban J connectivity index is 2.37. The third-order valence-corrected chi connectivity index (χ3v) is 4.22. The maximum Gasteiger partial charge on any atom is 0.193 e. The van der Waals surface area contributed by atoms with Crippen molar-refractivity contribution >= 4 is 17.3 Å². The SMILES string of the molecule is C=CCCCCCN(C)C(=NCCc1csc(C)n1)NCC. The van der Waals surface area contributed by atoms with E-state index in [1.165, 1.54) is 19.3 Å². The lowest BCUT2D eigenvalue weighted by molar-refractivity contribution is 0.455. The molecule has 0 saturated carbocycles. The maximum atomic E-state index is 4.71. The first-order chi connectivity index (χ1) is 10.7. The highest BCUT2D eigenvalue weighted by atomic mass is 32.1. The quantitative estimate of drug-likeness (QED) is 0.309. The number of guanidine groups is 1. The van der Waals surface area contributed by atoms with Gasteiger partial charge in [-0.3, -0.25) is 4.99 Å². The van der Waals surface area contributed by atoms with Crippen molar-refractivity contribution < 1.29 is 0 Å². The van der Waals surface area contributed by atoms with Gasteiger partial charge in [0.25, 0.3) is 0 Å². The van der Waals surface area contributed by atoms with Gasteiger partial charge in [0.15, 0.2) is 5.96 Å². The van der Waals surface area contributed by atoms with Gasteiger partial charge < -0.3 is 10.2 Å².